The molecule has 3 N–H and O–H groups in total. The molecule has 0 bridgehead atoms. The molecule has 0 radical (unpaired) electrons. The van der Waals surface area contributed by atoms with E-state index in [9.17, 15) is 4.79 Å². The predicted molar refractivity (Wildman–Crippen MR) is 130 cm³/mol. The summed E-state index contributed by atoms with van der Waals surface area (Å²) in [6.45, 7) is 1.95. The number of halogens is 3. The van der Waals surface area contributed by atoms with Gasteiger partial charge in [0.15, 0.2) is 5.75 Å². The molecule has 2 heterocycles. The number of benzene rings is 2. The zero-order valence-corrected chi connectivity index (χ0v) is 20.2. The normalized spacial score (nSPS) is 14.9. The van der Waals surface area contributed by atoms with Crippen LogP contribution in [-0.4, -0.2) is 71.5 Å². The number of hydrogen-bond acceptors (Lipinski definition) is 8. The molecule has 1 aliphatic rings. The van der Waals surface area contributed by atoms with Crippen LogP contribution in [-0.2, 0) is 0 Å². The van der Waals surface area contributed by atoms with Gasteiger partial charge in [-0.05, 0) is 35.5 Å². The number of carbonyl (C=O) groups excluding carboxylic acids is 1. The Bertz CT molecular complexity index is 1140. The van der Waals surface area contributed by atoms with Crippen molar-refractivity contribution in [2.45, 2.75) is 6.04 Å². The van der Waals surface area contributed by atoms with E-state index in [-0.39, 0.29) is 40.8 Å². The lowest BCUT2D eigenvalue weighted by Crippen LogP contribution is -2.49. The van der Waals surface area contributed by atoms with Crippen LogP contribution >= 0.6 is 34.8 Å². The Hall–Kier alpha value is -2.56. The largest absolute Gasteiger partial charge is 0.489 e. The average Bonchev–Trinajstić information content (AvgIpc) is 3.33. The minimum Gasteiger partial charge on any atom is -0.489 e. The van der Waals surface area contributed by atoms with Crippen molar-refractivity contribution in [3.8, 4) is 17.2 Å². The zero-order valence-electron chi connectivity index (χ0n) is 18.0. The highest BCUT2D eigenvalue weighted by Crippen LogP contribution is 2.37. The van der Waals surface area contributed by atoms with Gasteiger partial charge in [-0.25, -0.2) is 0 Å². The molecule has 0 saturated carbocycles. The molecule has 1 atom stereocenters. The van der Waals surface area contributed by atoms with Crippen molar-refractivity contribution in [1.29, 1.82) is 0 Å². The number of aromatic nitrogens is 2. The van der Waals surface area contributed by atoms with Crippen molar-refractivity contribution >= 4 is 46.7 Å². The fraction of sp³-hybridized carbons (Fsp3) is 0.318. The summed E-state index contributed by atoms with van der Waals surface area (Å²) in [6.07, 6.45) is 0. The van der Waals surface area contributed by atoms with Crippen LogP contribution in [0, 0.1) is 0 Å². The van der Waals surface area contributed by atoms with Crippen LogP contribution in [0.2, 0.25) is 15.1 Å². The van der Waals surface area contributed by atoms with Gasteiger partial charge in [-0.3, -0.25) is 4.79 Å². The van der Waals surface area contributed by atoms with Gasteiger partial charge in [0.25, 0.3) is 17.7 Å². The second-order valence-corrected chi connectivity index (χ2v) is 8.96. The van der Waals surface area contributed by atoms with Crippen molar-refractivity contribution in [3.05, 3.63) is 57.0 Å². The first-order valence-corrected chi connectivity index (χ1v) is 11.6. The van der Waals surface area contributed by atoms with Gasteiger partial charge in [0.05, 0.1) is 22.7 Å². The summed E-state index contributed by atoms with van der Waals surface area (Å²) in [6, 6.07) is 9.56. The molecule has 1 aliphatic heterocycles. The molecule has 12 heteroatoms. The molecule has 1 amide bonds. The Morgan fingerprint density at radius 3 is 2.50 bits per heavy atom. The standard InChI is InChI=1S/C22H22Cl3N5O4/c23-15-3-1-2-13(8-15)21(32)29-4-6-30(7-5-29)22-27-20(34-28-22)14-9-17(24)19(18(25)10-14)33-12-16(26)11-31/h1-3,8-10,16,31H,4-7,11-12,26H2/t16-/m0/s1. The van der Waals surface area contributed by atoms with E-state index in [0.29, 0.717) is 48.3 Å². The minimum atomic E-state index is -0.549. The molecule has 180 valence electrons. The number of anilines is 1. The maximum Gasteiger partial charge on any atom is 0.266 e. The van der Waals surface area contributed by atoms with E-state index < -0.39 is 6.04 Å². The zero-order chi connectivity index (χ0) is 24.2. The summed E-state index contributed by atoms with van der Waals surface area (Å²) in [5.41, 5.74) is 6.74. The highest BCUT2D eigenvalue weighted by atomic mass is 35.5. The molecule has 1 fully saturated rings. The van der Waals surface area contributed by atoms with Crippen molar-refractivity contribution in [3.63, 3.8) is 0 Å². The Kier molecular flexibility index (Phi) is 7.80. The third-order valence-corrected chi connectivity index (χ3v) is 6.05. The lowest BCUT2D eigenvalue weighted by atomic mass is 10.2. The fourth-order valence-electron chi connectivity index (χ4n) is 3.44. The van der Waals surface area contributed by atoms with Crippen molar-refractivity contribution in [1.82, 2.24) is 15.0 Å². The second kappa shape index (κ2) is 10.8. The summed E-state index contributed by atoms with van der Waals surface area (Å²) in [5.74, 6) is 0.847. The highest BCUT2D eigenvalue weighted by molar-refractivity contribution is 6.37. The van der Waals surface area contributed by atoms with Crippen LogP contribution in [0.1, 0.15) is 10.4 Å². The van der Waals surface area contributed by atoms with E-state index in [2.05, 4.69) is 10.1 Å². The molecular weight excluding hydrogens is 505 g/mol. The van der Waals surface area contributed by atoms with Crippen LogP contribution in [0.5, 0.6) is 5.75 Å². The van der Waals surface area contributed by atoms with Crippen LogP contribution < -0.4 is 15.4 Å². The Morgan fingerprint density at radius 1 is 1.15 bits per heavy atom. The second-order valence-electron chi connectivity index (χ2n) is 7.71. The monoisotopic (exact) mass is 525 g/mol. The van der Waals surface area contributed by atoms with E-state index in [0.717, 1.165) is 0 Å². The van der Waals surface area contributed by atoms with Gasteiger partial charge in [-0.15, -0.1) is 0 Å². The third-order valence-electron chi connectivity index (χ3n) is 5.26. The van der Waals surface area contributed by atoms with Crippen LogP contribution in [0.3, 0.4) is 0 Å². The van der Waals surface area contributed by atoms with Gasteiger partial charge >= 0.3 is 0 Å². The van der Waals surface area contributed by atoms with Gasteiger partial charge < -0.3 is 29.9 Å². The molecule has 4 rings (SSSR count). The summed E-state index contributed by atoms with van der Waals surface area (Å²) in [5, 5.41) is 14.1. The smallest absolute Gasteiger partial charge is 0.266 e. The Labute approximate surface area is 210 Å². The number of amides is 1. The molecule has 1 aromatic heterocycles. The fourth-order valence-corrected chi connectivity index (χ4v) is 4.23. The first kappa shape index (κ1) is 24.6. The van der Waals surface area contributed by atoms with Gasteiger partial charge in [-0.2, -0.15) is 4.98 Å². The lowest BCUT2D eigenvalue weighted by molar-refractivity contribution is 0.0746. The number of rotatable bonds is 7. The van der Waals surface area contributed by atoms with Crippen molar-refractivity contribution < 1.29 is 19.2 Å². The number of aliphatic hydroxyl groups excluding tert-OH is 1. The van der Waals surface area contributed by atoms with Crippen LogP contribution in [0.25, 0.3) is 11.5 Å². The summed E-state index contributed by atoms with van der Waals surface area (Å²) in [4.78, 5) is 20.9. The first-order valence-electron chi connectivity index (χ1n) is 10.5. The van der Waals surface area contributed by atoms with Crippen LogP contribution in [0.4, 0.5) is 5.95 Å². The molecule has 9 nitrogen and oxygen atoms in total. The average molecular weight is 527 g/mol. The van der Waals surface area contributed by atoms with Gasteiger partial charge in [-0.1, -0.05) is 40.9 Å². The quantitative estimate of drug-likeness (QED) is 0.481. The number of aliphatic hydroxyl groups is 1. The molecule has 34 heavy (non-hydrogen) atoms. The van der Waals surface area contributed by atoms with Gasteiger partial charge in [0.1, 0.15) is 6.61 Å². The van der Waals surface area contributed by atoms with E-state index >= 15 is 0 Å². The highest BCUT2D eigenvalue weighted by Gasteiger charge is 2.25. The van der Waals surface area contributed by atoms with Gasteiger partial charge in [0.2, 0.25) is 0 Å². The molecule has 1 saturated heterocycles. The molecular formula is C22H22Cl3N5O4. The van der Waals surface area contributed by atoms with Crippen LogP contribution in [0.15, 0.2) is 40.9 Å². The summed E-state index contributed by atoms with van der Waals surface area (Å²) < 4.78 is 10.9. The molecule has 0 aliphatic carbocycles. The van der Waals surface area contributed by atoms with Gasteiger partial charge in [0, 0.05) is 42.3 Å². The van der Waals surface area contributed by atoms with Crippen molar-refractivity contribution in [2.24, 2.45) is 5.73 Å². The number of hydrogen-bond donors (Lipinski definition) is 2. The number of ether oxygens (including phenoxy) is 1. The Balaban J connectivity index is 1.41. The predicted octanol–water partition coefficient (Wildman–Crippen LogP) is 3.36. The number of nitrogens with two attached hydrogens (primary N) is 1. The number of piperazine rings is 1. The summed E-state index contributed by atoms with van der Waals surface area (Å²) >= 11 is 18.6. The van der Waals surface area contributed by atoms with E-state index in [4.69, 9.17) is 54.9 Å². The maximum absolute atomic E-state index is 12.7. The van der Waals surface area contributed by atoms with E-state index in [1.165, 1.54) is 0 Å². The SMILES string of the molecule is N[C@@H](CO)COc1c(Cl)cc(-c2nc(N3CCN(C(=O)c4cccc(Cl)c4)CC3)no2)cc1Cl. The first-order chi connectivity index (χ1) is 16.4. The molecule has 0 unspecified atom stereocenters. The van der Waals surface area contributed by atoms with Crippen molar-refractivity contribution in [2.75, 3.05) is 44.3 Å². The number of carbonyl (C=O) groups is 1. The Morgan fingerprint density at radius 2 is 1.85 bits per heavy atom. The summed E-state index contributed by atoms with van der Waals surface area (Å²) in [7, 11) is 0. The molecule has 3 aromatic rings. The maximum atomic E-state index is 12.7. The van der Waals surface area contributed by atoms with E-state index in [1.807, 2.05) is 4.90 Å². The minimum absolute atomic E-state index is 0.0613. The molecule has 2 aromatic carbocycles. The van der Waals surface area contributed by atoms with E-state index in [1.54, 1.807) is 41.3 Å². The molecule has 0 spiro atoms. The third kappa shape index (κ3) is 5.56. The topological polar surface area (TPSA) is 118 Å². The number of nitrogens with zero attached hydrogens (tertiary/aromatic N) is 4. The lowest BCUT2D eigenvalue weighted by Gasteiger charge is -2.33.